The fraction of sp³-hybridized carbons (Fsp3) is 0.364. The molecule has 1 aromatic carbocycles. The Morgan fingerprint density at radius 1 is 1.31 bits per heavy atom. The molecule has 1 saturated heterocycles. The van der Waals surface area contributed by atoms with Crippen LogP contribution in [0, 0.1) is 5.92 Å². The van der Waals surface area contributed by atoms with E-state index in [1.807, 2.05) is 18.2 Å². The van der Waals surface area contributed by atoms with Crippen LogP contribution in [0.3, 0.4) is 0 Å². The highest BCUT2D eigenvalue weighted by Crippen LogP contribution is 2.23. The van der Waals surface area contributed by atoms with Crippen molar-refractivity contribution >= 4 is 17.5 Å². The number of hydrogen-bond donors (Lipinski definition) is 0. The van der Waals surface area contributed by atoms with Crippen LogP contribution in [-0.2, 0) is 11.2 Å². The smallest absolute Gasteiger partial charge is 0.146 e. The third-order valence-electron chi connectivity index (χ3n) is 2.34. The molecular weight excluding hydrogens is 180 g/mol. The highest BCUT2D eigenvalue weighted by Gasteiger charge is 2.24. The van der Waals surface area contributed by atoms with Crippen molar-refractivity contribution in [2.45, 2.75) is 6.42 Å². The molecule has 13 heavy (non-hydrogen) atoms. The Balaban J connectivity index is 2.02. The number of rotatable bonds is 2. The molecule has 0 radical (unpaired) electrons. The molecule has 1 fully saturated rings. The van der Waals surface area contributed by atoms with Gasteiger partial charge in [-0.25, -0.2) is 0 Å². The fourth-order valence-corrected chi connectivity index (χ4v) is 2.73. The van der Waals surface area contributed by atoms with Crippen LogP contribution < -0.4 is 0 Å². The Kier molecular flexibility index (Phi) is 2.69. The number of Topliss-reactive ketones (excluding diaryl/α,β-unsaturated/α-hetero) is 1. The highest BCUT2D eigenvalue weighted by molar-refractivity contribution is 8.00. The second kappa shape index (κ2) is 3.97. The van der Waals surface area contributed by atoms with Crippen LogP contribution in [0.1, 0.15) is 5.56 Å². The van der Waals surface area contributed by atoms with Gasteiger partial charge in [0.1, 0.15) is 5.78 Å². The maximum absolute atomic E-state index is 11.4. The van der Waals surface area contributed by atoms with Gasteiger partial charge in [0.05, 0.1) is 5.75 Å². The van der Waals surface area contributed by atoms with E-state index in [0.717, 1.165) is 17.9 Å². The Labute approximate surface area is 82.5 Å². The van der Waals surface area contributed by atoms with Gasteiger partial charge >= 0.3 is 0 Å². The first-order valence-corrected chi connectivity index (χ1v) is 5.66. The maximum Gasteiger partial charge on any atom is 0.146 e. The third-order valence-corrected chi connectivity index (χ3v) is 3.47. The Morgan fingerprint density at radius 2 is 2.08 bits per heavy atom. The van der Waals surface area contributed by atoms with Crippen molar-refractivity contribution in [3.05, 3.63) is 35.9 Å². The second-order valence-corrected chi connectivity index (χ2v) is 4.40. The van der Waals surface area contributed by atoms with Crippen LogP contribution in [0.5, 0.6) is 0 Å². The average Bonchev–Trinajstić information content (AvgIpc) is 2.54. The molecule has 68 valence electrons. The predicted octanol–water partition coefficient (Wildman–Crippen LogP) is 2.16. The zero-order chi connectivity index (χ0) is 9.10. The van der Waals surface area contributed by atoms with E-state index in [9.17, 15) is 4.79 Å². The van der Waals surface area contributed by atoms with Crippen molar-refractivity contribution in [1.82, 2.24) is 0 Å². The molecule has 1 aliphatic heterocycles. The molecule has 1 heterocycles. The maximum atomic E-state index is 11.4. The number of thioether (sulfide) groups is 1. The van der Waals surface area contributed by atoms with Crippen LogP contribution in [0.25, 0.3) is 0 Å². The van der Waals surface area contributed by atoms with Gasteiger partial charge in [0.25, 0.3) is 0 Å². The molecule has 1 aliphatic rings. The summed E-state index contributed by atoms with van der Waals surface area (Å²) in [7, 11) is 0. The SMILES string of the molecule is O=C1CSCC1Cc1ccccc1. The number of hydrogen-bond acceptors (Lipinski definition) is 2. The topological polar surface area (TPSA) is 17.1 Å². The molecule has 0 saturated carbocycles. The Morgan fingerprint density at radius 3 is 2.69 bits per heavy atom. The normalized spacial score (nSPS) is 22.2. The van der Waals surface area contributed by atoms with Crippen LogP contribution >= 0.6 is 11.8 Å². The lowest BCUT2D eigenvalue weighted by Crippen LogP contribution is -2.13. The van der Waals surface area contributed by atoms with Gasteiger partial charge in [-0.05, 0) is 12.0 Å². The molecule has 0 aromatic heterocycles. The molecule has 0 aliphatic carbocycles. The number of benzene rings is 1. The minimum absolute atomic E-state index is 0.271. The molecule has 0 amide bonds. The summed E-state index contributed by atoms with van der Waals surface area (Å²) in [6, 6.07) is 10.3. The largest absolute Gasteiger partial charge is 0.298 e. The summed E-state index contributed by atoms with van der Waals surface area (Å²) in [5.74, 6) is 2.42. The highest BCUT2D eigenvalue weighted by atomic mass is 32.2. The van der Waals surface area contributed by atoms with Gasteiger partial charge in [-0.2, -0.15) is 11.8 Å². The van der Waals surface area contributed by atoms with Crippen molar-refractivity contribution in [2.24, 2.45) is 5.92 Å². The minimum Gasteiger partial charge on any atom is -0.298 e. The van der Waals surface area contributed by atoms with Crippen molar-refractivity contribution in [1.29, 1.82) is 0 Å². The standard InChI is InChI=1S/C11H12OS/c12-11-8-13-7-10(11)6-9-4-2-1-3-5-9/h1-5,10H,6-8H2. The summed E-state index contributed by atoms with van der Waals surface area (Å²) in [6.07, 6.45) is 0.923. The van der Waals surface area contributed by atoms with E-state index in [-0.39, 0.29) is 5.92 Å². The van der Waals surface area contributed by atoms with Crippen molar-refractivity contribution in [3.8, 4) is 0 Å². The Bertz CT molecular complexity index is 294. The molecule has 0 N–H and O–H groups in total. The van der Waals surface area contributed by atoms with Gasteiger partial charge < -0.3 is 0 Å². The zero-order valence-corrected chi connectivity index (χ0v) is 8.22. The lowest BCUT2D eigenvalue weighted by molar-refractivity contribution is -0.119. The summed E-state index contributed by atoms with van der Waals surface area (Å²) in [5, 5.41) is 0. The second-order valence-electron chi connectivity index (χ2n) is 3.37. The number of ketones is 1. The quantitative estimate of drug-likeness (QED) is 0.714. The van der Waals surface area contributed by atoms with Crippen LogP contribution in [-0.4, -0.2) is 17.3 Å². The summed E-state index contributed by atoms with van der Waals surface area (Å²) < 4.78 is 0. The first kappa shape index (κ1) is 8.82. The molecule has 1 nitrogen and oxygen atoms in total. The summed E-state index contributed by atoms with van der Waals surface area (Å²) in [6.45, 7) is 0. The van der Waals surface area contributed by atoms with E-state index in [1.165, 1.54) is 5.56 Å². The minimum atomic E-state index is 0.271. The average molecular weight is 192 g/mol. The van der Waals surface area contributed by atoms with E-state index in [2.05, 4.69) is 12.1 Å². The van der Waals surface area contributed by atoms with Gasteiger partial charge in [0.2, 0.25) is 0 Å². The molecule has 2 heteroatoms. The molecule has 0 spiro atoms. The Hall–Kier alpha value is -0.760. The first-order chi connectivity index (χ1) is 6.36. The van der Waals surface area contributed by atoms with Gasteiger partial charge in [-0.15, -0.1) is 0 Å². The summed E-state index contributed by atoms with van der Waals surface area (Å²) in [4.78, 5) is 11.4. The van der Waals surface area contributed by atoms with E-state index in [1.54, 1.807) is 11.8 Å². The third kappa shape index (κ3) is 2.13. The van der Waals surface area contributed by atoms with Crippen LogP contribution in [0.2, 0.25) is 0 Å². The lowest BCUT2D eigenvalue weighted by Gasteiger charge is -2.05. The summed E-state index contributed by atoms with van der Waals surface area (Å²) >= 11 is 1.76. The molecule has 1 atom stereocenters. The van der Waals surface area contributed by atoms with Gasteiger partial charge in [0.15, 0.2) is 0 Å². The van der Waals surface area contributed by atoms with Gasteiger partial charge in [0, 0.05) is 11.7 Å². The van der Waals surface area contributed by atoms with Crippen molar-refractivity contribution in [3.63, 3.8) is 0 Å². The van der Waals surface area contributed by atoms with Gasteiger partial charge in [-0.1, -0.05) is 30.3 Å². The van der Waals surface area contributed by atoms with Crippen molar-refractivity contribution in [2.75, 3.05) is 11.5 Å². The summed E-state index contributed by atoms with van der Waals surface area (Å²) in [5.41, 5.74) is 1.28. The van der Waals surface area contributed by atoms with Crippen LogP contribution in [0.15, 0.2) is 30.3 Å². The zero-order valence-electron chi connectivity index (χ0n) is 7.40. The molecular formula is C11H12OS. The van der Waals surface area contributed by atoms with E-state index < -0.39 is 0 Å². The first-order valence-electron chi connectivity index (χ1n) is 4.50. The monoisotopic (exact) mass is 192 g/mol. The van der Waals surface area contributed by atoms with Gasteiger partial charge in [-0.3, -0.25) is 4.79 Å². The van der Waals surface area contributed by atoms with E-state index >= 15 is 0 Å². The fourth-order valence-electron chi connectivity index (χ4n) is 1.58. The molecule has 0 bridgehead atoms. The number of carbonyl (C=O) groups excluding carboxylic acids is 1. The van der Waals surface area contributed by atoms with E-state index in [4.69, 9.17) is 0 Å². The predicted molar refractivity (Wildman–Crippen MR) is 56.0 cm³/mol. The van der Waals surface area contributed by atoms with E-state index in [0.29, 0.717) is 5.78 Å². The van der Waals surface area contributed by atoms with Crippen molar-refractivity contribution < 1.29 is 4.79 Å². The molecule has 1 aromatic rings. The molecule has 1 unspecified atom stereocenters. The lowest BCUT2D eigenvalue weighted by atomic mass is 9.98. The molecule has 2 rings (SSSR count). The van der Waals surface area contributed by atoms with Crippen LogP contribution in [0.4, 0.5) is 0 Å². The number of carbonyl (C=O) groups is 1.